The van der Waals surface area contributed by atoms with Crippen molar-refractivity contribution in [2.45, 2.75) is 38.1 Å². The third-order valence-corrected chi connectivity index (χ3v) is 6.67. The van der Waals surface area contributed by atoms with Crippen LogP contribution in [0.4, 0.5) is 0 Å². The molecule has 3 aliphatic rings. The number of carbonyl (C=O) groups excluding carboxylic acids is 1. The van der Waals surface area contributed by atoms with Crippen molar-refractivity contribution in [2.75, 3.05) is 39.4 Å². The third-order valence-electron chi connectivity index (χ3n) is 6.67. The van der Waals surface area contributed by atoms with Gasteiger partial charge in [0.05, 0.1) is 17.2 Å². The molecule has 0 unspecified atom stereocenters. The van der Waals surface area contributed by atoms with Gasteiger partial charge in [-0.15, -0.1) is 0 Å². The van der Waals surface area contributed by atoms with E-state index in [1.165, 1.54) is 0 Å². The Bertz CT molecular complexity index is 871. The number of rotatable bonds is 3. The maximum absolute atomic E-state index is 13.1. The number of nitrogens with zero attached hydrogens (tertiary/aromatic N) is 4. The average molecular weight is 386 g/mol. The summed E-state index contributed by atoms with van der Waals surface area (Å²) < 4.78 is 16.5. The number of aromatic nitrogens is 2. The number of furan rings is 1. The lowest BCUT2D eigenvalue weighted by molar-refractivity contribution is 0.0369. The van der Waals surface area contributed by atoms with Crippen molar-refractivity contribution >= 4 is 5.91 Å². The number of carbonyl (C=O) groups is 1. The lowest BCUT2D eigenvalue weighted by Gasteiger charge is -2.33. The average Bonchev–Trinajstić information content (AvgIpc) is 3.44. The van der Waals surface area contributed by atoms with Crippen molar-refractivity contribution in [3.63, 3.8) is 0 Å². The van der Waals surface area contributed by atoms with E-state index >= 15 is 0 Å². The van der Waals surface area contributed by atoms with E-state index in [1.54, 1.807) is 12.3 Å². The van der Waals surface area contributed by atoms with E-state index in [9.17, 15) is 4.79 Å². The van der Waals surface area contributed by atoms with Gasteiger partial charge in [-0.1, -0.05) is 5.16 Å². The molecule has 0 aromatic carbocycles. The summed E-state index contributed by atoms with van der Waals surface area (Å²) in [5, 5.41) is 4.04. The zero-order valence-corrected chi connectivity index (χ0v) is 16.4. The van der Waals surface area contributed by atoms with Gasteiger partial charge in [-0.05, 0) is 32.8 Å². The minimum Gasteiger partial charge on any atom is -0.469 e. The van der Waals surface area contributed by atoms with E-state index in [2.05, 4.69) is 15.0 Å². The van der Waals surface area contributed by atoms with Crippen LogP contribution < -0.4 is 0 Å². The van der Waals surface area contributed by atoms with Crippen LogP contribution in [0.5, 0.6) is 0 Å². The zero-order valence-electron chi connectivity index (χ0n) is 16.4. The molecule has 1 amide bonds. The molecular formula is C20H26N4O4. The highest BCUT2D eigenvalue weighted by molar-refractivity contribution is 5.95. The smallest absolute Gasteiger partial charge is 0.257 e. The van der Waals surface area contributed by atoms with Gasteiger partial charge in [0.2, 0.25) is 5.89 Å². The Kier molecular flexibility index (Phi) is 4.28. The zero-order chi connectivity index (χ0) is 19.3. The molecule has 0 radical (unpaired) electrons. The van der Waals surface area contributed by atoms with E-state index in [0.29, 0.717) is 42.2 Å². The van der Waals surface area contributed by atoms with E-state index in [4.69, 9.17) is 13.7 Å². The second-order valence-electron chi connectivity index (χ2n) is 8.35. The number of ether oxygens (including phenoxy) is 1. The number of hydrogen-bond acceptors (Lipinski definition) is 7. The molecule has 150 valence electrons. The summed E-state index contributed by atoms with van der Waals surface area (Å²) in [6.45, 7) is 8.40. The third kappa shape index (κ3) is 2.78. The Labute approximate surface area is 163 Å². The molecule has 5 heterocycles. The molecule has 5 rings (SSSR count). The largest absolute Gasteiger partial charge is 0.469 e. The van der Waals surface area contributed by atoms with Gasteiger partial charge in [0, 0.05) is 51.4 Å². The second kappa shape index (κ2) is 6.70. The molecule has 0 saturated carbocycles. The predicted octanol–water partition coefficient (Wildman–Crippen LogP) is 1.78. The second-order valence-corrected chi connectivity index (χ2v) is 8.35. The maximum Gasteiger partial charge on any atom is 0.257 e. The number of aryl methyl sites for hydroxylation is 2. The maximum atomic E-state index is 13.1. The first kappa shape index (κ1) is 17.9. The summed E-state index contributed by atoms with van der Waals surface area (Å²) in [4.78, 5) is 22.2. The Morgan fingerprint density at radius 3 is 2.71 bits per heavy atom. The fourth-order valence-corrected chi connectivity index (χ4v) is 5.17. The predicted molar refractivity (Wildman–Crippen MR) is 99.0 cm³/mol. The number of fused-ring (bicyclic) bond motifs is 1. The Morgan fingerprint density at radius 1 is 1.21 bits per heavy atom. The molecule has 3 aliphatic heterocycles. The summed E-state index contributed by atoms with van der Waals surface area (Å²) in [6, 6.07) is 2.28. The fraction of sp³-hybridized carbons (Fsp3) is 0.650. The molecular weight excluding hydrogens is 360 g/mol. The summed E-state index contributed by atoms with van der Waals surface area (Å²) in [5.74, 6) is 2.28. The lowest BCUT2D eigenvalue weighted by atomic mass is 9.81. The van der Waals surface area contributed by atoms with Gasteiger partial charge in [-0.25, -0.2) is 0 Å². The standard InChI is InChI=1S/C20H26N4O4/c1-13-17(5-8-27-13)18(25)24-10-15-9-23(16-3-6-26-7-4-16)11-20(15,12-24)19-21-14(2)22-28-19/h5,8,15-16H,3-4,6-7,9-12H2,1-2H3/t15-,20-/m1/s1. The van der Waals surface area contributed by atoms with Crippen LogP contribution in [-0.2, 0) is 10.2 Å². The number of likely N-dealkylation sites (tertiary alicyclic amines) is 2. The van der Waals surface area contributed by atoms with Crippen molar-refractivity contribution < 1.29 is 18.5 Å². The molecule has 0 N–H and O–H groups in total. The molecule has 0 bridgehead atoms. The first-order chi connectivity index (χ1) is 13.6. The van der Waals surface area contributed by atoms with Gasteiger partial charge in [0.1, 0.15) is 5.76 Å². The molecule has 8 nitrogen and oxygen atoms in total. The van der Waals surface area contributed by atoms with Crippen LogP contribution in [0.15, 0.2) is 21.3 Å². The summed E-state index contributed by atoms with van der Waals surface area (Å²) >= 11 is 0. The molecule has 3 fully saturated rings. The topological polar surface area (TPSA) is 84.8 Å². The summed E-state index contributed by atoms with van der Waals surface area (Å²) in [5.41, 5.74) is 0.338. The minimum absolute atomic E-state index is 0.0221. The van der Waals surface area contributed by atoms with Crippen molar-refractivity contribution in [1.29, 1.82) is 0 Å². The Morgan fingerprint density at radius 2 is 2.04 bits per heavy atom. The highest BCUT2D eigenvalue weighted by atomic mass is 16.5. The van der Waals surface area contributed by atoms with Crippen molar-refractivity contribution in [2.24, 2.45) is 5.92 Å². The first-order valence-electron chi connectivity index (χ1n) is 10.0. The van der Waals surface area contributed by atoms with Crippen LogP contribution >= 0.6 is 0 Å². The van der Waals surface area contributed by atoms with E-state index < -0.39 is 0 Å². The quantitative estimate of drug-likeness (QED) is 0.795. The van der Waals surface area contributed by atoms with Crippen LogP contribution in [0.3, 0.4) is 0 Å². The first-order valence-corrected chi connectivity index (χ1v) is 10.0. The summed E-state index contributed by atoms with van der Waals surface area (Å²) in [6.07, 6.45) is 3.69. The SMILES string of the molecule is Cc1noc([C@]23CN(C(=O)c4ccoc4C)C[C@H]2CN(C2CCOCC2)C3)n1. The molecule has 0 aliphatic carbocycles. The van der Waals surface area contributed by atoms with Crippen LogP contribution in [0.25, 0.3) is 0 Å². The highest BCUT2D eigenvalue weighted by Gasteiger charge is 2.58. The van der Waals surface area contributed by atoms with Crippen molar-refractivity contribution in [3.8, 4) is 0 Å². The van der Waals surface area contributed by atoms with Crippen LogP contribution in [-0.4, -0.2) is 71.3 Å². The van der Waals surface area contributed by atoms with Gasteiger partial charge in [0.25, 0.3) is 5.91 Å². The van der Waals surface area contributed by atoms with Gasteiger partial charge in [-0.2, -0.15) is 4.98 Å². The monoisotopic (exact) mass is 386 g/mol. The molecule has 3 saturated heterocycles. The van der Waals surface area contributed by atoms with Crippen molar-refractivity contribution in [1.82, 2.24) is 19.9 Å². The van der Waals surface area contributed by atoms with Gasteiger partial charge in [0.15, 0.2) is 5.82 Å². The van der Waals surface area contributed by atoms with Crippen molar-refractivity contribution in [3.05, 3.63) is 35.4 Å². The van der Waals surface area contributed by atoms with Crippen LogP contribution in [0.2, 0.25) is 0 Å². The summed E-state index contributed by atoms with van der Waals surface area (Å²) in [7, 11) is 0. The van der Waals surface area contributed by atoms with E-state index in [-0.39, 0.29) is 17.2 Å². The highest BCUT2D eigenvalue weighted by Crippen LogP contribution is 2.46. The van der Waals surface area contributed by atoms with E-state index in [1.807, 2.05) is 18.7 Å². The molecule has 28 heavy (non-hydrogen) atoms. The molecule has 8 heteroatoms. The fourth-order valence-electron chi connectivity index (χ4n) is 5.17. The van der Waals surface area contributed by atoms with Gasteiger partial charge in [-0.3, -0.25) is 9.69 Å². The van der Waals surface area contributed by atoms with Crippen LogP contribution in [0.1, 0.15) is 40.7 Å². The van der Waals surface area contributed by atoms with Gasteiger partial charge < -0.3 is 18.6 Å². The van der Waals surface area contributed by atoms with Crippen LogP contribution in [0, 0.1) is 19.8 Å². The Hall–Kier alpha value is -2.19. The number of hydrogen-bond donors (Lipinski definition) is 0. The Balaban J connectivity index is 1.43. The minimum atomic E-state index is -0.299. The normalized spacial score (nSPS) is 28.8. The van der Waals surface area contributed by atoms with Gasteiger partial charge >= 0.3 is 0 Å². The molecule has 2 aromatic rings. The lowest BCUT2D eigenvalue weighted by Crippen LogP contribution is -2.44. The number of amides is 1. The van der Waals surface area contributed by atoms with E-state index in [0.717, 1.165) is 39.1 Å². The molecule has 0 spiro atoms. The molecule has 2 aromatic heterocycles. The molecule has 2 atom stereocenters.